The van der Waals surface area contributed by atoms with E-state index in [2.05, 4.69) is 23.9 Å². The van der Waals surface area contributed by atoms with Crippen LogP contribution in [0.15, 0.2) is 12.3 Å². The molecular weight excluding hydrogens is 248 g/mol. The molecule has 0 radical (unpaired) electrons. The third-order valence-corrected chi connectivity index (χ3v) is 5.57. The average Bonchev–Trinajstić information content (AvgIpc) is 3.09. The third kappa shape index (κ3) is 2.93. The fourth-order valence-corrected chi connectivity index (χ4v) is 4.00. The molecule has 20 heavy (non-hydrogen) atoms. The van der Waals surface area contributed by atoms with E-state index in [-0.39, 0.29) is 11.5 Å². The van der Waals surface area contributed by atoms with Crippen LogP contribution in [-0.4, -0.2) is 21.0 Å². The summed E-state index contributed by atoms with van der Waals surface area (Å²) in [5.74, 6) is 0. The van der Waals surface area contributed by atoms with E-state index in [0.717, 1.165) is 25.0 Å². The molecule has 2 aliphatic carbocycles. The van der Waals surface area contributed by atoms with Crippen molar-refractivity contribution in [1.82, 2.24) is 9.78 Å². The Kier molecular flexibility index (Phi) is 4.16. The molecule has 1 N–H and O–H groups in total. The van der Waals surface area contributed by atoms with E-state index in [4.69, 9.17) is 5.10 Å². The van der Waals surface area contributed by atoms with E-state index in [0.29, 0.717) is 6.04 Å². The van der Waals surface area contributed by atoms with E-state index in [1.807, 2.05) is 0 Å². The molecule has 0 aliphatic heterocycles. The third-order valence-electron chi connectivity index (χ3n) is 5.57. The topological polar surface area (TPSA) is 38.0 Å². The van der Waals surface area contributed by atoms with Gasteiger partial charge < -0.3 is 5.11 Å². The summed E-state index contributed by atoms with van der Waals surface area (Å²) in [4.78, 5) is 0. The smallest absolute Gasteiger partial charge is 0.0650 e. The van der Waals surface area contributed by atoms with E-state index >= 15 is 0 Å². The molecule has 2 fully saturated rings. The number of aromatic nitrogens is 2. The molecule has 2 aliphatic rings. The molecule has 3 nitrogen and oxygen atoms in total. The zero-order chi connectivity index (χ0) is 14.0. The summed E-state index contributed by atoms with van der Waals surface area (Å²) >= 11 is 0. The second-order valence-corrected chi connectivity index (χ2v) is 7.16. The normalized spacial score (nSPS) is 24.9. The van der Waals surface area contributed by atoms with Gasteiger partial charge in [-0.15, -0.1) is 0 Å². The lowest BCUT2D eigenvalue weighted by molar-refractivity contribution is 0.00967. The Hall–Kier alpha value is -0.830. The van der Waals surface area contributed by atoms with Crippen LogP contribution >= 0.6 is 0 Å². The van der Waals surface area contributed by atoms with Gasteiger partial charge in [0, 0.05) is 12.6 Å². The summed E-state index contributed by atoms with van der Waals surface area (Å²) < 4.78 is 2.14. The molecular formula is C17H28N2O. The maximum atomic E-state index is 10.6. The highest BCUT2D eigenvalue weighted by molar-refractivity contribution is 5.04. The van der Waals surface area contributed by atoms with Crippen molar-refractivity contribution in [3.63, 3.8) is 0 Å². The fraction of sp³-hybridized carbons (Fsp3) is 0.824. The molecule has 0 spiro atoms. The number of hydrogen-bond acceptors (Lipinski definition) is 2. The van der Waals surface area contributed by atoms with Gasteiger partial charge in [-0.3, -0.25) is 4.68 Å². The Morgan fingerprint density at radius 2 is 1.95 bits per heavy atom. The maximum Gasteiger partial charge on any atom is 0.0650 e. The van der Waals surface area contributed by atoms with Crippen LogP contribution in [0.4, 0.5) is 0 Å². The first-order valence-electron chi connectivity index (χ1n) is 8.39. The minimum atomic E-state index is -0.241. The first-order chi connectivity index (χ1) is 9.67. The summed E-state index contributed by atoms with van der Waals surface area (Å²) in [7, 11) is 0. The van der Waals surface area contributed by atoms with Gasteiger partial charge in [0.25, 0.3) is 0 Å². The molecule has 1 aromatic rings. The first kappa shape index (κ1) is 14.1. The van der Waals surface area contributed by atoms with Crippen LogP contribution in [0.5, 0.6) is 0 Å². The Balaban J connectivity index is 1.62. The Morgan fingerprint density at radius 3 is 2.65 bits per heavy atom. The molecule has 0 aromatic carbocycles. The van der Waals surface area contributed by atoms with Crippen molar-refractivity contribution in [1.29, 1.82) is 0 Å². The van der Waals surface area contributed by atoms with Crippen LogP contribution < -0.4 is 0 Å². The van der Waals surface area contributed by atoms with Crippen LogP contribution in [-0.2, 0) is 6.42 Å². The molecule has 2 saturated carbocycles. The molecule has 3 heteroatoms. The van der Waals surface area contributed by atoms with Crippen LogP contribution in [0.3, 0.4) is 0 Å². The van der Waals surface area contributed by atoms with E-state index in [9.17, 15) is 5.11 Å². The summed E-state index contributed by atoms with van der Waals surface area (Å²) in [6, 6.07) is 2.71. The molecule has 1 aromatic heterocycles. The van der Waals surface area contributed by atoms with Crippen molar-refractivity contribution in [3.8, 4) is 0 Å². The molecule has 0 saturated heterocycles. The van der Waals surface area contributed by atoms with Gasteiger partial charge in [-0.25, -0.2) is 0 Å². The average molecular weight is 276 g/mol. The molecule has 112 valence electrons. The van der Waals surface area contributed by atoms with Gasteiger partial charge >= 0.3 is 0 Å². The second kappa shape index (κ2) is 5.88. The Labute approximate surface area is 122 Å². The lowest BCUT2D eigenvalue weighted by atomic mass is 9.71. The van der Waals surface area contributed by atoms with Gasteiger partial charge in [0.15, 0.2) is 0 Å². The predicted molar refractivity (Wildman–Crippen MR) is 80.6 cm³/mol. The minimum absolute atomic E-state index is 0.107. The van der Waals surface area contributed by atoms with Gasteiger partial charge in [-0.1, -0.05) is 39.0 Å². The van der Waals surface area contributed by atoms with E-state index in [1.165, 1.54) is 44.9 Å². The van der Waals surface area contributed by atoms with Gasteiger partial charge in [0.1, 0.15) is 0 Å². The summed E-state index contributed by atoms with van der Waals surface area (Å²) in [5, 5.41) is 15.3. The minimum Gasteiger partial charge on any atom is -0.392 e. The van der Waals surface area contributed by atoms with Gasteiger partial charge in [0.2, 0.25) is 0 Å². The largest absolute Gasteiger partial charge is 0.392 e. The lowest BCUT2D eigenvalue weighted by Gasteiger charge is -2.37. The molecule has 1 heterocycles. The van der Waals surface area contributed by atoms with Crippen molar-refractivity contribution in [2.45, 2.75) is 83.3 Å². The zero-order valence-electron chi connectivity index (χ0n) is 12.7. The number of rotatable bonds is 4. The quantitative estimate of drug-likeness (QED) is 0.906. The fourth-order valence-electron chi connectivity index (χ4n) is 4.00. The first-order valence-corrected chi connectivity index (χ1v) is 8.39. The number of aliphatic hydroxyl groups is 1. The number of nitrogens with zero attached hydrogens (tertiary/aromatic N) is 2. The van der Waals surface area contributed by atoms with Crippen molar-refractivity contribution in [2.24, 2.45) is 5.41 Å². The second-order valence-electron chi connectivity index (χ2n) is 7.16. The van der Waals surface area contributed by atoms with Crippen molar-refractivity contribution in [3.05, 3.63) is 18.0 Å². The van der Waals surface area contributed by atoms with Crippen LogP contribution in [0, 0.1) is 5.41 Å². The van der Waals surface area contributed by atoms with Crippen LogP contribution in [0.1, 0.15) is 76.4 Å². The highest BCUT2D eigenvalue weighted by atomic mass is 16.3. The van der Waals surface area contributed by atoms with Crippen LogP contribution in [0.2, 0.25) is 0 Å². The van der Waals surface area contributed by atoms with Crippen molar-refractivity contribution in [2.75, 3.05) is 0 Å². The maximum absolute atomic E-state index is 10.6. The Bertz CT molecular complexity index is 428. The van der Waals surface area contributed by atoms with Gasteiger partial charge in [0.05, 0.1) is 17.8 Å². The Morgan fingerprint density at radius 1 is 1.25 bits per heavy atom. The molecule has 0 amide bonds. The molecule has 1 atom stereocenters. The van der Waals surface area contributed by atoms with Crippen molar-refractivity contribution < 1.29 is 5.11 Å². The van der Waals surface area contributed by atoms with E-state index in [1.54, 1.807) is 0 Å². The standard InChI is InChI=1S/C17H28N2O/c1-17(10-5-2-6-11-17)16(20)13-14-9-12-19(18-14)15-7-3-4-8-15/h9,12,15-16,20H,2-8,10-11,13H2,1H3. The van der Waals surface area contributed by atoms with Gasteiger partial charge in [-0.05, 0) is 37.2 Å². The number of aliphatic hydroxyl groups excluding tert-OH is 1. The zero-order valence-corrected chi connectivity index (χ0v) is 12.7. The molecule has 1 unspecified atom stereocenters. The SMILES string of the molecule is CC1(C(O)Cc2ccn(C3CCCC3)n2)CCCCC1. The van der Waals surface area contributed by atoms with Crippen molar-refractivity contribution >= 4 is 0 Å². The van der Waals surface area contributed by atoms with E-state index < -0.39 is 0 Å². The molecule has 3 rings (SSSR count). The number of hydrogen-bond donors (Lipinski definition) is 1. The monoisotopic (exact) mass is 276 g/mol. The summed E-state index contributed by atoms with van der Waals surface area (Å²) in [6.45, 7) is 2.25. The lowest BCUT2D eigenvalue weighted by Crippen LogP contribution is -2.36. The summed E-state index contributed by atoms with van der Waals surface area (Å²) in [6.07, 6.45) is 14.0. The van der Waals surface area contributed by atoms with Crippen LogP contribution in [0.25, 0.3) is 0 Å². The highest BCUT2D eigenvalue weighted by Crippen LogP contribution is 2.39. The summed E-state index contributed by atoms with van der Waals surface area (Å²) in [5.41, 5.74) is 1.17. The predicted octanol–water partition coefficient (Wildman–Crippen LogP) is 3.87. The highest BCUT2D eigenvalue weighted by Gasteiger charge is 2.34. The molecule has 0 bridgehead atoms. The van der Waals surface area contributed by atoms with Gasteiger partial charge in [-0.2, -0.15) is 5.10 Å².